The molecule has 2 aromatic rings. The quantitative estimate of drug-likeness (QED) is 0.751. The van der Waals surface area contributed by atoms with E-state index in [1.165, 1.54) is 12.1 Å². The van der Waals surface area contributed by atoms with E-state index >= 15 is 0 Å². The Morgan fingerprint density at radius 1 is 1.19 bits per heavy atom. The number of nitrogens with zero attached hydrogens (tertiary/aromatic N) is 2. The minimum Gasteiger partial charge on any atom is -0.248 e. The maximum Gasteiger partial charge on any atom is 0.261 e. The van der Waals surface area contributed by atoms with Crippen molar-refractivity contribution >= 4 is 42.4 Å². The zero-order valence-electron chi connectivity index (χ0n) is 8.11. The van der Waals surface area contributed by atoms with Crippen LogP contribution in [0, 0.1) is 6.92 Å². The fourth-order valence-electron chi connectivity index (χ4n) is 1.25. The average molecular weight is 277 g/mol. The Bertz CT molecular complexity index is 671. The highest BCUT2D eigenvalue weighted by molar-refractivity contribution is 8.13. The lowest BCUT2D eigenvalue weighted by atomic mass is 10.3. The normalized spacial score (nSPS) is 11.9. The monoisotopic (exact) mass is 276 g/mol. The molecule has 7 heteroatoms. The molecule has 0 aliphatic rings. The highest BCUT2D eigenvalue weighted by Gasteiger charge is 2.12. The van der Waals surface area contributed by atoms with Gasteiger partial charge in [0.05, 0.1) is 21.6 Å². The third kappa shape index (κ3) is 2.11. The Morgan fingerprint density at radius 2 is 1.88 bits per heavy atom. The number of halogens is 2. The van der Waals surface area contributed by atoms with Crippen molar-refractivity contribution in [3.63, 3.8) is 0 Å². The molecule has 0 saturated carbocycles. The number of fused-ring (bicyclic) bond motifs is 1. The van der Waals surface area contributed by atoms with Crippen molar-refractivity contribution in [1.29, 1.82) is 0 Å². The van der Waals surface area contributed by atoms with Gasteiger partial charge in [-0.25, -0.2) is 18.4 Å². The van der Waals surface area contributed by atoms with Crippen LogP contribution < -0.4 is 0 Å². The summed E-state index contributed by atoms with van der Waals surface area (Å²) in [6, 6.07) is 4.27. The van der Waals surface area contributed by atoms with E-state index in [-0.39, 0.29) is 10.0 Å². The van der Waals surface area contributed by atoms with E-state index in [1.54, 1.807) is 13.0 Å². The highest BCUT2D eigenvalue weighted by atomic mass is 35.7. The first kappa shape index (κ1) is 11.6. The number of benzene rings is 1. The van der Waals surface area contributed by atoms with Crippen molar-refractivity contribution < 1.29 is 8.42 Å². The molecule has 1 aromatic carbocycles. The third-order valence-electron chi connectivity index (χ3n) is 2.03. The summed E-state index contributed by atoms with van der Waals surface area (Å²) in [6.45, 7) is 1.72. The predicted octanol–water partition coefficient (Wildman–Crippen LogP) is 2.52. The minimum atomic E-state index is -3.76. The van der Waals surface area contributed by atoms with Crippen LogP contribution in [0.5, 0.6) is 0 Å². The molecular formula is C9H6Cl2N2O2S. The van der Waals surface area contributed by atoms with Gasteiger partial charge in [0.15, 0.2) is 5.15 Å². The molecule has 0 fully saturated rings. The molecule has 0 aliphatic heterocycles. The van der Waals surface area contributed by atoms with Crippen molar-refractivity contribution in [2.75, 3.05) is 0 Å². The molecule has 0 unspecified atom stereocenters. The van der Waals surface area contributed by atoms with Gasteiger partial charge in [0.1, 0.15) is 0 Å². The maximum absolute atomic E-state index is 11.1. The number of rotatable bonds is 1. The molecule has 0 spiro atoms. The first-order chi connectivity index (χ1) is 7.38. The Hall–Kier alpha value is -0.910. The average Bonchev–Trinajstić information content (AvgIpc) is 2.17. The molecule has 4 nitrogen and oxygen atoms in total. The molecule has 1 aromatic heterocycles. The fourth-order valence-corrected chi connectivity index (χ4v) is 2.16. The molecule has 84 valence electrons. The molecule has 0 bridgehead atoms. The lowest BCUT2D eigenvalue weighted by molar-refractivity contribution is 0.609. The van der Waals surface area contributed by atoms with Gasteiger partial charge >= 0.3 is 0 Å². The summed E-state index contributed by atoms with van der Waals surface area (Å²) in [5, 5.41) is 0.247. The minimum absolute atomic E-state index is 0.0177. The van der Waals surface area contributed by atoms with Crippen LogP contribution >= 0.6 is 22.3 Å². The zero-order chi connectivity index (χ0) is 11.9. The van der Waals surface area contributed by atoms with Crippen LogP contribution in [0.25, 0.3) is 11.0 Å². The molecule has 1 heterocycles. The second-order valence-corrected chi connectivity index (χ2v) is 6.11. The van der Waals surface area contributed by atoms with E-state index in [2.05, 4.69) is 9.97 Å². The largest absolute Gasteiger partial charge is 0.261 e. The van der Waals surface area contributed by atoms with Gasteiger partial charge < -0.3 is 0 Å². The second kappa shape index (κ2) is 3.84. The summed E-state index contributed by atoms with van der Waals surface area (Å²) in [6.07, 6.45) is 0. The van der Waals surface area contributed by atoms with E-state index in [1.807, 2.05) is 0 Å². The van der Waals surface area contributed by atoms with Crippen molar-refractivity contribution in [3.8, 4) is 0 Å². The molecule has 2 rings (SSSR count). The summed E-state index contributed by atoms with van der Waals surface area (Å²) < 4.78 is 22.2. The lowest BCUT2D eigenvalue weighted by Gasteiger charge is -2.02. The van der Waals surface area contributed by atoms with Crippen molar-refractivity contribution in [1.82, 2.24) is 9.97 Å². The van der Waals surface area contributed by atoms with Gasteiger partial charge in [-0.05, 0) is 25.1 Å². The molecule has 0 amide bonds. The van der Waals surface area contributed by atoms with Crippen molar-refractivity contribution in [2.24, 2.45) is 0 Å². The van der Waals surface area contributed by atoms with Gasteiger partial charge in [0.2, 0.25) is 0 Å². The Balaban J connectivity index is 2.77. The molecule has 0 aliphatic carbocycles. The van der Waals surface area contributed by atoms with Crippen molar-refractivity contribution in [2.45, 2.75) is 11.8 Å². The van der Waals surface area contributed by atoms with Crippen LogP contribution in [0.15, 0.2) is 23.1 Å². The van der Waals surface area contributed by atoms with Crippen LogP contribution in [0.1, 0.15) is 5.69 Å². The van der Waals surface area contributed by atoms with Gasteiger partial charge in [0.25, 0.3) is 9.05 Å². The van der Waals surface area contributed by atoms with Crippen LogP contribution in [0.4, 0.5) is 0 Å². The Morgan fingerprint density at radius 3 is 2.50 bits per heavy atom. The Labute approximate surface area is 102 Å². The SMILES string of the molecule is Cc1nc2ccc(S(=O)(=O)Cl)cc2nc1Cl. The zero-order valence-corrected chi connectivity index (χ0v) is 10.4. The summed E-state index contributed by atoms with van der Waals surface area (Å²) in [7, 11) is 1.47. The van der Waals surface area contributed by atoms with E-state index in [0.717, 1.165) is 0 Å². The van der Waals surface area contributed by atoms with Gasteiger partial charge in [0, 0.05) is 10.7 Å². The van der Waals surface area contributed by atoms with Gasteiger partial charge in [-0.3, -0.25) is 0 Å². The summed E-state index contributed by atoms with van der Waals surface area (Å²) in [4.78, 5) is 8.18. The summed E-state index contributed by atoms with van der Waals surface area (Å²) >= 11 is 5.80. The Kier molecular flexibility index (Phi) is 2.77. The van der Waals surface area contributed by atoms with E-state index < -0.39 is 9.05 Å². The number of hydrogen-bond donors (Lipinski definition) is 0. The van der Waals surface area contributed by atoms with Gasteiger partial charge in [-0.2, -0.15) is 0 Å². The standard InChI is InChI=1S/C9H6Cl2N2O2S/c1-5-9(10)13-8-4-6(16(11,14)15)2-3-7(8)12-5/h2-4H,1H3. The highest BCUT2D eigenvalue weighted by Crippen LogP contribution is 2.21. The molecule has 0 atom stereocenters. The smallest absolute Gasteiger partial charge is 0.248 e. The maximum atomic E-state index is 11.1. The molecular weight excluding hydrogens is 271 g/mol. The second-order valence-electron chi connectivity index (χ2n) is 3.19. The first-order valence-electron chi connectivity index (χ1n) is 4.26. The molecule has 0 N–H and O–H groups in total. The summed E-state index contributed by atoms with van der Waals surface area (Å²) in [5.41, 5.74) is 1.57. The first-order valence-corrected chi connectivity index (χ1v) is 6.95. The number of hydrogen-bond acceptors (Lipinski definition) is 4. The lowest BCUT2D eigenvalue weighted by Crippen LogP contribution is -1.94. The third-order valence-corrected chi connectivity index (χ3v) is 3.74. The molecule has 0 saturated heterocycles. The van der Waals surface area contributed by atoms with Crippen LogP contribution in [0.3, 0.4) is 0 Å². The number of aromatic nitrogens is 2. The van der Waals surface area contributed by atoms with E-state index in [0.29, 0.717) is 16.7 Å². The molecule has 16 heavy (non-hydrogen) atoms. The number of aryl methyl sites for hydroxylation is 1. The summed E-state index contributed by atoms with van der Waals surface area (Å²) in [5.74, 6) is 0. The van der Waals surface area contributed by atoms with Gasteiger partial charge in [-0.1, -0.05) is 11.6 Å². The fraction of sp³-hybridized carbons (Fsp3) is 0.111. The van der Waals surface area contributed by atoms with E-state index in [4.69, 9.17) is 22.3 Å². The topological polar surface area (TPSA) is 59.9 Å². The van der Waals surface area contributed by atoms with Crippen molar-refractivity contribution in [3.05, 3.63) is 29.0 Å². The predicted molar refractivity (Wildman–Crippen MR) is 62.3 cm³/mol. The van der Waals surface area contributed by atoms with Crippen LogP contribution in [-0.2, 0) is 9.05 Å². The van der Waals surface area contributed by atoms with Crippen LogP contribution in [0.2, 0.25) is 5.15 Å². The van der Waals surface area contributed by atoms with E-state index in [9.17, 15) is 8.42 Å². The van der Waals surface area contributed by atoms with Gasteiger partial charge in [-0.15, -0.1) is 0 Å². The molecule has 0 radical (unpaired) electrons. The van der Waals surface area contributed by atoms with Crippen LogP contribution in [-0.4, -0.2) is 18.4 Å².